The van der Waals surface area contributed by atoms with E-state index in [1.807, 2.05) is 0 Å². The summed E-state index contributed by atoms with van der Waals surface area (Å²) in [4.78, 5) is 23.1. The lowest BCUT2D eigenvalue weighted by atomic mass is 10.1. The largest absolute Gasteiger partial charge is 0.338 e. The Hall–Kier alpha value is -1.35. The Morgan fingerprint density at radius 3 is 2.53 bits per heavy atom. The normalized spacial score (nSPS) is 9.73. The molecule has 0 aromatic heterocycles. The summed E-state index contributed by atoms with van der Waals surface area (Å²) >= 11 is 5.72. The molecule has 0 fully saturated rings. The van der Waals surface area contributed by atoms with Crippen LogP contribution in [0.4, 0.5) is 0 Å². The number of carbonyl (C=O) groups excluding carboxylic acids is 2. The third kappa shape index (κ3) is 3.72. The summed E-state index contributed by atoms with van der Waals surface area (Å²) in [5.41, 5.74) is 0.891. The highest BCUT2D eigenvalue weighted by molar-refractivity contribution is 6.30. The lowest BCUT2D eigenvalue weighted by molar-refractivity contribution is -0.131. The molecule has 0 heterocycles. The van der Waals surface area contributed by atoms with Gasteiger partial charge in [0.25, 0.3) is 0 Å². The number of aldehydes is 1. The molecule has 0 spiro atoms. The van der Waals surface area contributed by atoms with E-state index in [0.717, 1.165) is 5.56 Å². The van der Waals surface area contributed by atoms with Crippen molar-refractivity contribution in [3.05, 3.63) is 34.9 Å². The summed E-state index contributed by atoms with van der Waals surface area (Å²) in [6.45, 7) is 0.131. The molecule has 4 heteroatoms. The van der Waals surface area contributed by atoms with Gasteiger partial charge in [0, 0.05) is 12.1 Å². The van der Waals surface area contributed by atoms with E-state index in [2.05, 4.69) is 0 Å². The number of hydrogen-bond donors (Lipinski definition) is 0. The van der Waals surface area contributed by atoms with Gasteiger partial charge in [0.2, 0.25) is 5.91 Å². The van der Waals surface area contributed by atoms with Gasteiger partial charge in [-0.15, -0.1) is 0 Å². The van der Waals surface area contributed by atoms with Crippen molar-refractivity contribution in [2.24, 2.45) is 0 Å². The van der Waals surface area contributed by atoms with Crippen LogP contribution in [0.3, 0.4) is 0 Å². The third-order valence-corrected chi connectivity index (χ3v) is 2.29. The molecule has 3 nitrogen and oxygen atoms in total. The summed E-state index contributed by atoms with van der Waals surface area (Å²) in [7, 11) is 1.60. The highest BCUT2D eigenvalue weighted by atomic mass is 35.5. The molecule has 0 atom stereocenters. The Labute approximate surface area is 93.6 Å². The van der Waals surface area contributed by atoms with E-state index < -0.39 is 0 Å². The molecule has 1 aromatic rings. The molecular formula is C11H12ClNO2. The van der Waals surface area contributed by atoms with Crippen LogP contribution in [0, 0.1) is 0 Å². The molecule has 0 aliphatic heterocycles. The monoisotopic (exact) mass is 225 g/mol. The van der Waals surface area contributed by atoms with E-state index in [0.29, 0.717) is 17.7 Å². The van der Waals surface area contributed by atoms with E-state index >= 15 is 0 Å². The van der Waals surface area contributed by atoms with Crippen molar-refractivity contribution in [2.75, 3.05) is 13.6 Å². The number of halogens is 1. The Balaban J connectivity index is 2.58. The van der Waals surface area contributed by atoms with Gasteiger partial charge in [-0.2, -0.15) is 0 Å². The summed E-state index contributed by atoms with van der Waals surface area (Å²) in [6.07, 6.45) is 1.00. The molecule has 0 saturated heterocycles. The van der Waals surface area contributed by atoms with Gasteiger partial charge >= 0.3 is 0 Å². The van der Waals surface area contributed by atoms with Crippen LogP contribution in [0.2, 0.25) is 5.02 Å². The van der Waals surface area contributed by atoms with Crippen molar-refractivity contribution in [1.82, 2.24) is 4.90 Å². The molecule has 1 amide bonds. The lowest BCUT2D eigenvalue weighted by Gasteiger charge is -2.13. The molecule has 0 radical (unpaired) electrons. The quantitative estimate of drug-likeness (QED) is 0.729. The summed E-state index contributed by atoms with van der Waals surface area (Å²) in [6, 6.07) is 7.08. The fourth-order valence-corrected chi connectivity index (χ4v) is 1.25. The van der Waals surface area contributed by atoms with Gasteiger partial charge < -0.3 is 9.69 Å². The predicted octanol–water partition coefficient (Wildman–Crippen LogP) is 1.54. The highest BCUT2D eigenvalue weighted by Gasteiger charge is 2.08. The van der Waals surface area contributed by atoms with Gasteiger partial charge in [0.1, 0.15) is 6.29 Å². The number of rotatable bonds is 4. The first-order valence-electron chi connectivity index (χ1n) is 4.55. The van der Waals surface area contributed by atoms with Gasteiger partial charge in [-0.3, -0.25) is 4.79 Å². The van der Waals surface area contributed by atoms with Crippen LogP contribution in [-0.2, 0) is 16.0 Å². The molecule has 1 rings (SSSR count). The second-order valence-corrected chi connectivity index (χ2v) is 3.68. The molecule has 0 saturated carbocycles. The van der Waals surface area contributed by atoms with Crippen LogP contribution in [0.5, 0.6) is 0 Å². The van der Waals surface area contributed by atoms with Gasteiger partial charge in [0.15, 0.2) is 0 Å². The van der Waals surface area contributed by atoms with Crippen molar-refractivity contribution < 1.29 is 9.59 Å². The number of carbonyl (C=O) groups is 2. The predicted molar refractivity (Wildman–Crippen MR) is 58.9 cm³/mol. The molecule has 0 aliphatic rings. The van der Waals surface area contributed by atoms with Crippen molar-refractivity contribution in [3.63, 3.8) is 0 Å². The zero-order chi connectivity index (χ0) is 11.3. The SMILES string of the molecule is CN(CC=O)C(=O)Cc1ccc(Cl)cc1. The summed E-state index contributed by atoms with van der Waals surface area (Å²) in [5, 5.41) is 0.646. The second kappa shape index (κ2) is 5.51. The fraction of sp³-hybridized carbons (Fsp3) is 0.273. The van der Waals surface area contributed by atoms with E-state index in [1.165, 1.54) is 4.90 Å². The minimum Gasteiger partial charge on any atom is -0.338 e. The first kappa shape index (κ1) is 11.7. The van der Waals surface area contributed by atoms with Crippen molar-refractivity contribution in [1.29, 1.82) is 0 Å². The third-order valence-electron chi connectivity index (χ3n) is 2.04. The number of hydrogen-bond acceptors (Lipinski definition) is 2. The Kier molecular flexibility index (Phi) is 4.31. The first-order valence-corrected chi connectivity index (χ1v) is 4.93. The number of likely N-dealkylation sites (N-methyl/N-ethyl adjacent to an activating group) is 1. The fourth-order valence-electron chi connectivity index (χ4n) is 1.13. The van der Waals surface area contributed by atoms with Crippen LogP contribution in [0.1, 0.15) is 5.56 Å². The summed E-state index contributed by atoms with van der Waals surface area (Å²) < 4.78 is 0. The van der Waals surface area contributed by atoms with Gasteiger partial charge in [-0.1, -0.05) is 23.7 Å². The standard InChI is InChI=1S/C11H12ClNO2/c1-13(6-7-14)11(15)8-9-2-4-10(12)5-3-9/h2-5,7H,6,8H2,1H3. The molecule has 1 aromatic carbocycles. The van der Waals surface area contributed by atoms with Crippen molar-refractivity contribution >= 4 is 23.8 Å². The van der Waals surface area contributed by atoms with E-state index in [9.17, 15) is 9.59 Å². The number of benzene rings is 1. The van der Waals surface area contributed by atoms with Gasteiger partial charge in [0.05, 0.1) is 13.0 Å². The molecule has 0 bridgehead atoms. The van der Waals surface area contributed by atoms with E-state index in [-0.39, 0.29) is 12.5 Å². The summed E-state index contributed by atoms with van der Waals surface area (Å²) in [5.74, 6) is -0.0792. The average Bonchev–Trinajstić information content (AvgIpc) is 2.22. The molecule has 15 heavy (non-hydrogen) atoms. The zero-order valence-corrected chi connectivity index (χ0v) is 9.20. The van der Waals surface area contributed by atoms with Crippen LogP contribution in [-0.4, -0.2) is 30.7 Å². The Bertz CT molecular complexity index is 348. The van der Waals surface area contributed by atoms with E-state index in [1.54, 1.807) is 31.3 Å². The smallest absolute Gasteiger partial charge is 0.227 e. The van der Waals surface area contributed by atoms with Crippen molar-refractivity contribution in [2.45, 2.75) is 6.42 Å². The second-order valence-electron chi connectivity index (χ2n) is 3.24. The Morgan fingerprint density at radius 2 is 2.00 bits per heavy atom. The minimum absolute atomic E-state index is 0.0792. The maximum absolute atomic E-state index is 11.5. The molecule has 0 unspecified atom stereocenters. The maximum atomic E-state index is 11.5. The van der Waals surface area contributed by atoms with Crippen molar-refractivity contribution in [3.8, 4) is 0 Å². The van der Waals surface area contributed by atoms with Crippen LogP contribution < -0.4 is 0 Å². The average molecular weight is 226 g/mol. The zero-order valence-electron chi connectivity index (χ0n) is 8.44. The number of nitrogens with zero attached hydrogens (tertiary/aromatic N) is 1. The highest BCUT2D eigenvalue weighted by Crippen LogP contribution is 2.10. The molecular weight excluding hydrogens is 214 g/mol. The topological polar surface area (TPSA) is 37.4 Å². The van der Waals surface area contributed by atoms with E-state index in [4.69, 9.17) is 11.6 Å². The molecule has 0 N–H and O–H groups in total. The number of amides is 1. The first-order chi connectivity index (χ1) is 7.13. The maximum Gasteiger partial charge on any atom is 0.227 e. The van der Waals surface area contributed by atoms with Crippen LogP contribution in [0.25, 0.3) is 0 Å². The van der Waals surface area contributed by atoms with Crippen LogP contribution >= 0.6 is 11.6 Å². The molecule has 0 aliphatic carbocycles. The van der Waals surface area contributed by atoms with Gasteiger partial charge in [-0.05, 0) is 17.7 Å². The minimum atomic E-state index is -0.0792. The Morgan fingerprint density at radius 1 is 1.40 bits per heavy atom. The molecule has 80 valence electrons. The lowest BCUT2D eigenvalue weighted by Crippen LogP contribution is -2.29. The van der Waals surface area contributed by atoms with Gasteiger partial charge in [-0.25, -0.2) is 0 Å². The van der Waals surface area contributed by atoms with Crippen LogP contribution in [0.15, 0.2) is 24.3 Å².